The van der Waals surface area contributed by atoms with Crippen molar-refractivity contribution in [3.63, 3.8) is 0 Å². The van der Waals surface area contributed by atoms with Gasteiger partial charge in [-0.1, -0.05) is 82.3 Å². The Kier molecular flexibility index (Phi) is 10.2. The lowest BCUT2D eigenvalue weighted by atomic mass is 9.91. The van der Waals surface area contributed by atoms with Gasteiger partial charge in [0, 0.05) is 17.7 Å². The van der Waals surface area contributed by atoms with Gasteiger partial charge >= 0.3 is 11.9 Å². The number of ether oxygens (including phenoxy) is 2. The van der Waals surface area contributed by atoms with Crippen LogP contribution in [0, 0.1) is 0 Å². The SMILES string of the molecule is C=CC(=O)Oc1cc(C=Cc2ccccc2)c(CCCC)c(CCCC)c1OC(=O)C=C. The van der Waals surface area contributed by atoms with E-state index >= 15 is 0 Å². The standard InChI is InChI=1S/C28H32O4/c1-5-9-16-23-22(19-18-21-14-12-11-13-15-21)20-25(31-26(29)7-3)28(32-27(30)8-4)24(23)17-10-6-2/h7-8,11-15,18-20H,3-6,9-10,16-17H2,1-2H3. The molecule has 2 aromatic carbocycles. The molecular formula is C28H32O4. The highest BCUT2D eigenvalue weighted by atomic mass is 16.6. The molecule has 0 N–H and O–H groups in total. The van der Waals surface area contributed by atoms with Crippen molar-refractivity contribution in [2.45, 2.75) is 52.4 Å². The van der Waals surface area contributed by atoms with Gasteiger partial charge in [0.1, 0.15) is 0 Å². The second-order valence-electron chi connectivity index (χ2n) is 7.45. The van der Waals surface area contributed by atoms with Gasteiger partial charge in [0.15, 0.2) is 11.5 Å². The first-order chi connectivity index (χ1) is 15.5. The average Bonchev–Trinajstić information content (AvgIpc) is 2.82. The predicted molar refractivity (Wildman–Crippen MR) is 131 cm³/mol. The van der Waals surface area contributed by atoms with E-state index in [0.717, 1.165) is 66.5 Å². The molecule has 0 spiro atoms. The maximum Gasteiger partial charge on any atom is 0.335 e. The molecule has 32 heavy (non-hydrogen) atoms. The Labute approximate surface area is 191 Å². The molecule has 0 saturated carbocycles. The minimum absolute atomic E-state index is 0.212. The van der Waals surface area contributed by atoms with Crippen LogP contribution in [0.15, 0.2) is 61.7 Å². The lowest BCUT2D eigenvalue weighted by Crippen LogP contribution is -2.13. The van der Waals surface area contributed by atoms with E-state index in [9.17, 15) is 9.59 Å². The average molecular weight is 433 g/mol. The fraction of sp³-hybridized carbons (Fsp3) is 0.286. The van der Waals surface area contributed by atoms with Crippen LogP contribution < -0.4 is 9.47 Å². The van der Waals surface area contributed by atoms with Crippen molar-refractivity contribution in [2.75, 3.05) is 0 Å². The van der Waals surface area contributed by atoms with E-state index in [4.69, 9.17) is 9.47 Å². The Morgan fingerprint density at radius 1 is 0.844 bits per heavy atom. The van der Waals surface area contributed by atoms with E-state index in [1.807, 2.05) is 42.5 Å². The largest absolute Gasteiger partial charge is 0.419 e. The molecule has 0 amide bonds. The Morgan fingerprint density at radius 2 is 1.44 bits per heavy atom. The van der Waals surface area contributed by atoms with Gasteiger partial charge < -0.3 is 9.47 Å². The number of esters is 2. The van der Waals surface area contributed by atoms with Crippen molar-refractivity contribution in [3.8, 4) is 11.5 Å². The fourth-order valence-electron chi connectivity index (χ4n) is 3.40. The van der Waals surface area contributed by atoms with Crippen molar-refractivity contribution in [1.82, 2.24) is 0 Å². The van der Waals surface area contributed by atoms with Crippen LogP contribution >= 0.6 is 0 Å². The first-order valence-electron chi connectivity index (χ1n) is 11.1. The van der Waals surface area contributed by atoms with E-state index in [-0.39, 0.29) is 5.75 Å². The fourth-order valence-corrected chi connectivity index (χ4v) is 3.40. The normalized spacial score (nSPS) is 10.7. The first kappa shape index (κ1) is 24.9. The quantitative estimate of drug-likeness (QED) is 0.162. The Bertz CT molecular complexity index is 971. The van der Waals surface area contributed by atoms with Crippen LogP contribution in [0.25, 0.3) is 12.2 Å². The van der Waals surface area contributed by atoms with Crippen LogP contribution in [0.5, 0.6) is 11.5 Å². The summed E-state index contributed by atoms with van der Waals surface area (Å²) in [4.78, 5) is 24.2. The molecule has 0 aliphatic carbocycles. The minimum Gasteiger partial charge on any atom is -0.419 e. The summed E-state index contributed by atoms with van der Waals surface area (Å²) in [7, 11) is 0. The number of carbonyl (C=O) groups excluding carboxylic acids is 2. The zero-order valence-corrected chi connectivity index (χ0v) is 19.1. The number of carbonyl (C=O) groups is 2. The summed E-state index contributed by atoms with van der Waals surface area (Å²) < 4.78 is 11.1. The summed E-state index contributed by atoms with van der Waals surface area (Å²) in [5.74, 6) is -0.694. The summed E-state index contributed by atoms with van der Waals surface area (Å²) in [5, 5.41) is 0. The van der Waals surface area contributed by atoms with Crippen LogP contribution in [0.1, 0.15) is 61.8 Å². The van der Waals surface area contributed by atoms with Crippen molar-refractivity contribution in [2.24, 2.45) is 0 Å². The molecule has 0 atom stereocenters. The molecule has 0 unspecified atom stereocenters. The summed E-state index contributed by atoms with van der Waals surface area (Å²) in [6.45, 7) is 11.2. The molecule has 0 radical (unpaired) electrons. The molecule has 2 aromatic rings. The molecule has 0 aromatic heterocycles. The molecule has 4 nitrogen and oxygen atoms in total. The summed E-state index contributed by atoms with van der Waals surface area (Å²) in [6.07, 6.45) is 11.7. The van der Waals surface area contributed by atoms with Gasteiger partial charge in [-0.15, -0.1) is 0 Å². The van der Waals surface area contributed by atoms with Crippen molar-refractivity contribution >= 4 is 24.1 Å². The number of rotatable bonds is 12. The second-order valence-corrected chi connectivity index (χ2v) is 7.45. The summed E-state index contributed by atoms with van der Waals surface area (Å²) in [6, 6.07) is 11.8. The number of benzene rings is 2. The maximum atomic E-state index is 12.1. The van der Waals surface area contributed by atoms with Gasteiger partial charge in [-0.25, -0.2) is 9.59 Å². The van der Waals surface area contributed by atoms with E-state index in [2.05, 4.69) is 27.0 Å². The van der Waals surface area contributed by atoms with E-state index in [0.29, 0.717) is 12.2 Å². The second kappa shape index (κ2) is 13.1. The number of hydrogen-bond acceptors (Lipinski definition) is 4. The molecular weight excluding hydrogens is 400 g/mol. The highest BCUT2D eigenvalue weighted by molar-refractivity contribution is 5.87. The third-order valence-electron chi connectivity index (χ3n) is 5.06. The molecule has 4 heteroatoms. The molecule has 0 fully saturated rings. The zero-order valence-electron chi connectivity index (χ0n) is 19.1. The third-order valence-corrected chi connectivity index (χ3v) is 5.06. The van der Waals surface area contributed by atoms with Gasteiger partial charge in [0.05, 0.1) is 0 Å². The zero-order chi connectivity index (χ0) is 23.3. The van der Waals surface area contributed by atoms with Gasteiger partial charge in [0.25, 0.3) is 0 Å². The monoisotopic (exact) mass is 432 g/mol. The summed E-state index contributed by atoms with van der Waals surface area (Å²) >= 11 is 0. The molecule has 168 valence electrons. The lowest BCUT2D eigenvalue weighted by molar-refractivity contribution is -0.131. The van der Waals surface area contributed by atoms with Gasteiger partial charge in [-0.05, 0) is 48.4 Å². The van der Waals surface area contributed by atoms with E-state index in [1.165, 1.54) is 0 Å². The molecule has 2 rings (SSSR count). The van der Waals surface area contributed by atoms with Crippen molar-refractivity contribution < 1.29 is 19.1 Å². The van der Waals surface area contributed by atoms with Crippen LogP contribution in [0.3, 0.4) is 0 Å². The van der Waals surface area contributed by atoms with Gasteiger partial charge in [0.2, 0.25) is 0 Å². The van der Waals surface area contributed by atoms with Gasteiger partial charge in [-0.3, -0.25) is 0 Å². The van der Waals surface area contributed by atoms with Crippen LogP contribution in [-0.2, 0) is 22.4 Å². The van der Waals surface area contributed by atoms with E-state index in [1.54, 1.807) is 6.07 Å². The Hall–Kier alpha value is -3.40. The Balaban J connectivity index is 2.72. The maximum absolute atomic E-state index is 12.1. The van der Waals surface area contributed by atoms with E-state index < -0.39 is 11.9 Å². The number of hydrogen-bond donors (Lipinski definition) is 0. The molecule has 0 bridgehead atoms. The Morgan fingerprint density at radius 3 is 2.03 bits per heavy atom. The molecule has 0 aliphatic heterocycles. The first-order valence-corrected chi connectivity index (χ1v) is 11.1. The minimum atomic E-state index is -0.610. The molecule has 0 heterocycles. The van der Waals surface area contributed by atoms with Crippen LogP contribution in [-0.4, -0.2) is 11.9 Å². The van der Waals surface area contributed by atoms with Gasteiger partial charge in [-0.2, -0.15) is 0 Å². The smallest absolute Gasteiger partial charge is 0.335 e. The van der Waals surface area contributed by atoms with Crippen LogP contribution in [0.2, 0.25) is 0 Å². The molecule has 0 aliphatic rings. The van der Waals surface area contributed by atoms with Crippen molar-refractivity contribution in [3.05, 3.63) is 84.0 Å². The van der Waals surface area contributed by atoms with Crippen molar-refractivity contribution in [1.29, 1.82) is 0 Å². The third kappa shape index (κ3) is 7.09. The number of unbranched alkanes of at least 4 members (excludes halogenated alkanes) is 2. The highest BCUT2D eigenvalue weighted by Gasteiger charge is 2.22. The lowest BCUT2D eigenvalue weighted by Gasteiger charge is -2.20. The highest BCUT2D eigenvalue weighted by Crippen LogP contribution is 2.39. The predicted octanol–water partition coefficient (Wildman–Crippen LogP) is 6.73. The van der Waals surface area contributed by atoms with Crippen LogP contribution in [0.4, 0.5) is 0 Å². The topological polar surface area (TPSA) is 52.6 Å². The molecule has 0 saturated heterocycles. The summed E-state index contributed by atoms with van der Waals surface area (Å²) in [5.41, 5.74) is 4.02.